The van der Waals surface area contributed by atoms with Gasteiger partial charge in [-0.1, -0.05) is 11.6 Å². The van der Waals surface area contributed by atoms with Gasteiger partial charge in [-0.3, -0.25) is 24.4 Å². The van der Waals surface area contributed by atoms with Gasteiger partial charge in [-0.05, 0) is 61.7 Å². The Morgan fingerprint density at radius 3 is 2.47 bits per heavy atom. The molecule has 2 aliphatic rings. The minimum Gasteiger partial charge on any atom is -0.314 e. The predicted molar refractivity (Wildman–Crippen MR) is 137 cm³/mol. The normalized spacial score (nSPS) is 21.7. The van der Waals surface area contributed by atoms with Crippen molar-refractivity contribution in [3.8, 4) is 11.1 Å². The van der Waals surface area contributed by atoms with Crippen molar-refractivity contribution in [2.24, 2.45) is 0 Å². The molecule has 178 valence electrons. The van der Waals surface area contributed by atoms with Gasteiger partial charge >= 0.3 is 0 Å². The Bertz CT molecular complexity index is 1250. The summed E-state index contributed by atoms with van der Waals surface area (Å²) < 4.78 is 1.06. The highest BCUT2D eigenvalue weighted by atomic mass is 35.5. The molecular formula is C26H29ClN4O2S. The first-order chi connectivity index (χ1) is 16.3. The molecule has 3 aromatic rings. The van der Waals surface area contributed by atoms with Crippen LogP contribution in [-0.4, -0.2) is 51.8 Å². The Morgan fingerprint density at radius 1 is 1.06 bits per heavy atom. The van der Waals surface area contributed by atoms with Crippen molar-refractivity contribution in [2.75, 3.05) is 13.1 Å². The van der Waals surface area contributed by atoms with E-state index in [-0.39, 0.29) is 11.8 Å². The summed E-state index contributed by atoms with van der Waals surface area (Å²) in [6, 6.07) is 9.03. The summed E-state index contributed by atoms with van der Waals surface area (Å²) >= 11 is 8.16. The minimum absolute atomic E-state index is 0.0948. The van der Waals surface area contributed by atoms with Crippen molar-refractivity contribution in [2.45, 2.75) is 58.8 Å². The lowest BCUT2D eigenvalue weighted by Gasteiger charge is -2.40. The number of nitrogens with one attached hydrogen (secondary N) is 1. The lowest BCUT2D eigenvalue weighted by atomic mass is 9.94. The van der Waals surface area contributed by atoms with Crippen molar-refractivity contribution < 1.29 is 9.59 Å². The monoisotopic (exact) mass is 496 g/mol. The van der Waals surface area contributed by atoms with Crippen LogP contribution in [0, 0.1) is 6.92 Å². The number of carbonyl (C=O) groups is 2. The second-order valence-electron chi connectivity index (χ2n) is 9.44. The highest BCUT2D eigenvalue weighted by Gasteiger charge is 2.30. The topological polar surface area (TPSA) is 65.5 Å². The number of thiophene rings is 1. The SMILES string of the molecule is Cc1cc(Cl)cc(-c2ccnc3cc(CN4C(=O)CCC4=O)sc23)c1CN1[C@H](C)CNC[C@@H]1C. The number of pyridine rings is 1. The Kier molecular flexibility index (Phi) is 6.46. The lowest BCUT2D eigenvalue weighted by molar-refractivity contribution is -0.138. The Balaban J connectivity index is 1.56. The molecule has 1 N–H and O–H groups in total. The number of aromatic nitrogens is 1. The van der Waals surface area contributed by atoms with Gasteiger partial charge in [0.2, 0.25) is 11.8 Å². The number of amides is 2. The van der Waals surface area contributed by atoms with E-state index < -0.39 is 0 Å². The van der Waals surface area contributed by atoms with Crippen LogP contribution in [0.1, 0.15) is 42.7 Å². The summed E-state index contributed by atoms with van der Waals surface area (Å²) in [6.07, 6.45) is 2.44. The highest BCUT2D eigenvalue weighted by Crippen LogP contribution is 2.39. The third-order valence-corrected chi connectivity index (χ3v) is 8.37. The van der Waals surface area contributed by atoms with E-state index in [2.05, 4.69) is 42.0 Å². The molecule has 34 heavy (non-hydrogen) atoms. The molecule has 6 nitrogen and oxygen atoms in total. The fourth-order valence-electron chi connectivity index (χ4n) is 5.12. The molecular weight excluding hydrogens is 468 g/mol. The Labute approximate surface area is 208 Å². The predicted octanol–water partition coefficient (Wildman–Crippen LogP) is 4.76. The van der Waals surface area contributed by atoms with Gasteiger partial charge in [0.1, 0.15) is 0 Å². The summed E-state index contributed by atoms with van der Waals surface area (Å²) in [7, 11) is 0. The van der Waals surface area contributed by atoms with Crippen LogP contribution in [0.2, 0.25) is 5.02 Å². The van der Waals surface area contributed by atoms with Gasteiger partial charge in [-0.2, -0.15) is 0 Å². The summed E-state index contributed by atoms with van der Waals surface area (Å²) in [4.78, 5) is 33.7. The average molecular weight is 497 g/mol. The Hall–Kier alpha value is -2.32. The zero-order valence-corrected chi connectivity index (χ0v) is 21.3. The largest absolute Gasteiger partial charge is 0.314 e. The van der Waals surface area contributed by atoms with Crippen LogP contribution in [0.5, 0.6) is 0 Å². The third kappa shape index (κ3) is 4.38. The van der Waals surface area contributed by atoms with Crippen LogP contribution in [0.4, 0.5) is 0 Å². The number of likely N-dealkylation sites (tertiary alicyclic amines) is 1. The number of fused-ring (bicyclic) bond motifs is 1. The summed E-state index contributed by atoms with van der Waals surface area (Å²) in [6.45, 7) is 9.79. The number of halogens is 1. The third-order valence-electron chi connectivity index (χ3n) is 7.01. The van der Waals surface area contributed by atoms with Crippen LogP contribution in [0.15, 0.2) is 30.5 Å². The molecule has 2 amide bonds. The maximum Gasteiger partial charge on any atom is 0.230 e. The number of benzene rings is 1. The number of nitrogens with zero attached hydrogens (tertiary/aromatic N) is 3. The first-order valence-corrected chi connectivity index (χ1v) is 13.0. The molecule has 2 fully saturated rings. The van der Waals surface area contributed by atoms with E-state index >= 15 is 0 Å². The molecule has 2 aliphatic heterocycles. The maximum atomic E-state index is 12.1. The van der Waals surface area contributed by atoms with E-state index in [1.54, 1.807) is 11.3 Å². The highest BCUT2D eigenvalue weighted by molar-refractivity contribution is 7.19. The molecule has 0 spiro atoms. The van der Waals surface area contributed by atoms with Crippen molar-refractivity contribution >= 4 is 45.0 Å². The standard InChI is InChI=1S/C26H29ClN4O2S/c1-15-8-18(27)9-21(22(15)14-30-16(2)11-28-12-17(30)3)20-6-7-29-23-10-19(34-26(20)23)13-31-24(32)4-5-25(31)33/h6-10,16-17,28H,4-5,11-14H2,1-3H3/t16-,17+. The van der Waals surface area contributed by atoms with Crippen LogP contribution < -0.4 is 5.32 Å². The number of carbonyl (C=O) groups excluding carboxylic acids is 2. The molecule has 2 aromatic heterocycles. The van der Waals surface area contributed by atoms with E-state index in [4.69, 9.17) is 11.6 Å². The first-order valence-electron chi connectivity index (χ1n) is 11.8. The summed E-state index contributed by atoms with van der Waals surface area (Å²) in [5, 5.41) is 4.23. The zero-order chi connectivity index (χ0) is 24.0. The zero-order valence-electron chi connectivity index (χ0n) is 19.7. The number of rotatable bonds is 5. The van der Waals surface area contributed by atoms with Crippen molar-refractivity contribution in [1.29, 1.82) is 0 Å². The second kappa shape index (κ2) is 9.38. The molecule has 4 heterocycles. The molecule has 2 atom stereocenters. The first kappa shape index (κ1) is 23.4. The fraction of sp³-hybridized carbons (Fsp3) is 0.423. The van der Waals surface area contributed by atoms with Crippen molar-refractivity contribution in [3.63, 3.8) is 0 Å². The van der Waals surface area contributed by atoms with E-state index in [0.29, 0.717) is 36.5 Å². The molecule has 0 bridgehead atoms. The van der Waals surface area contributed by atoms with Crippen LogP contribution in [0.25, 0.3) is 21.3 Å². The van der Waals surface area contributed by atoms with Gasteiger partial charge < -0.3 is 5.32 Å². The second-order valence-corrected chi connectivity index (χ2v) is 11.0. The quantitative estimate of drug-likeness (QED) is 0.516. The molecule has 2 saturated heterocycles. The van der Waals surface area contributed by atoms with Gasteiger partial charge in [0.15, 0.2) is 0 Å². The van der Waals surface area contributed by atoms with Crippen molar-refractivity contribution in [3.05, 3.63) is 51.5 Å². The molecule has 0 saturated carbocycles. The maximum absolute atomic E-state index is 12.1. The van der Waals surface area contributed by atoms with E-state index in [9.17, 15) is 9.59 Å². The van der Waals surface area contributed by atoms with Crippen LogP contribution >= 0.6 is 22.9 Å². The lowest BCUT2D eigenvalue weighted by Crippen LogP contribution is -2.54. The number of piperazine rings is 1. The average Bonchev–Trinajstić information content (AvgIpc) is 3.35. The van der Waals surface area contributed by atoms with Crippen LogP contribution in [0.3, 0.4) is 0 Å². The molecule has 1 aromatic carbocycles. The molecule has 0 radical (unpaired) electrons. The number of hydrogen-bond acceptors (Lipinski definition) is 6. The number of imide groups is 1. The molecule has 0 aliphatic carbocycles. The van der Waals surface area contributed by atoms with Gasteiger partial charge in [-0.25, -0.2) is 0 Å². The molecule has 8 heteroatoms. The summed E-state index contributed by atoms with van der Waals surface area (Å²) in [5.74, 6) is -0.190. The van der Waals surface area contributed by atoms with Gasteiger partial charge in [0, 0.05) is 66.2 Å². The van der Waals surface area contributed by atoms with Gasteiger partial charge in [0.05, 0.1) is 16.8 Å². The van der Waals surface area contributed by atoms with Gasteiger partial charge in [0.25, 0.3) is 0 Å². The number of hydrogen-bond donors (Lipinski definition) is 1. The molecule has 5 rings (SSSR count). The number of aryl methyl sites for hydroxylation is 1. The van der Waals surface area contributed by atoms with E-state index in [1.807, 2.05) is 24.4 Å². The van der Waals surface area contributed by atoms with Gasteiger partial charge in [-0.15, -0.1) is 11.3 Å². The smallest absolute Gasteiger partial charge is 0.230 e. The van der Waals surface area contributed by atoms with E-state index in [1.165, 1.54) is 16.0 Å². The van der Waals surface area contributed by atoms with E-state index in [0.717, 1.165) is 45.9 Å². The van der Waals surface area contributed by atoms with Crippen LogP contribution in [-0.2, 0) is 22.7 Å². The minimum atomic E-state index is -0.0948. The van der Waals surface area contributed by atoms with Crippen molar-refractivity contribution in [1.82, 2.24) is 20.1 Å². The summed E-state index contributed by atoms with van der Waals surface area (Å²) in [5.41, 5.74) is 5.55. The Morgan fingerprint density at radius 2 is 1.76 bits per heavy atom. The molecule has 0 unspecified atom stereocenters. The fourth-order valence-corrected chi connectivity index (χ4v) is 6.52.